The second kappa shape index (κ2) is 5.78. The van der Waals surface area contributed by atoms with E-state index in [2.05, 4.69) is 60.7 Å². The Hall–Kier alpha value is -2.78. The molecular formula is C20H15BO2. The number of rotatable bonds is 3. The first-order valence-corrected chi connectivity index (χ1v) is 7.61. The Labute approximate surface area is 135 Å². The third-order valence-electron chi connectivity index (χ3n) is 4.14. The van der Waals surface area contributed by atoms with Crippen molar-refractivity contribution in [3.63, 3.8) is 0 Å². The van der Waals surface area contributed by atoms with Crippen molar-refractivity contribution in [1.82, 2.24) is 0 Å². The van der Waals surface area contributed by atoms with Crippen LogP contribution in [0.1, 0.15) is 0 Å². The van der Waals surface area contributed by atoms with Gasteiger partial charge in [0.05, 0.1) is 0 Å². The maximum Gasteiger partial charge on any atom is 0.504 e. The molecule has 0 atom stereocenters. The lowest BCUT2D eigenvalue weighted by atomic mass is 9.93. The number of hydrogen-bond donors (Lipinski definition) is 1. The molecule has 0 aliphatic rings. The molecule has 0 saturated carbocycles. The summed E-state index contributed by atoms with van der Waals surface area (Å²) in [6, 6.07) is 26.9. The largest absolute Gasteiger partial charge is 0.539 e. The Morgan fingerprint density at radius 3 is 2.26 bits per heavy atom. The molecule has 3 heteroatoms. The Bertz CT molecular complexity index is 995. The summed E-state index contributed by atoms with van der Waals surface area (Å²) in [5.74, 6) is 0.669. The molecule has 1 N–H and O–H groups in total. The van der Waals surface area contributed by atoms with E-state index in [0.717, 1.165) is 5.56 Å². The molecule has 0 heterocycles. The Kier molecular flexibility index (Phi) is 3.49. The van der Waals surface area contributed by atoms with E-state index in [1.165, 1.54) is 27.1 Å². The van der Waals surface area contributed by atoms with Gasteiger partial charge in [0.2, 0.25) is 0 Å². The predicted octanol–water partition coefficient (Wildman–Crippen LogP) is 4.30. The van der Waals surface area contributed by atoms with Crippen LogP contribution in [0, 0.1) is 0 Å². The van der Waals surface area contributed by atoms with Gasteiger partial charge in [0.1, 0.15) is 5.75 Å². The van der Waals surface area contributed by atoms with Crippen LogP contribution in [0.25, 0.3) is 32.7 Å². The van der Waals surface area contributed by atoms with Gasteiger partial charge in [0, 0.05) is 0 Å². The molecule has 0 bridgehead atoms. The molecule has 0 aromatic heterocycles. The lowest BCUT2D eigenvalue weighted by Crippen LogP contribution is -1.99. The van der Waals surface area contributed by atoms with Crippen LogP contribution in [0.2, 0.25) is 0 Å². The molecule has 0 spiro atoms. The Morgan fingerprint density at radius 2 is 1.43 bits per heavy atom. The highest BCUT2D eigenvalue weighted by Crippen LogP contribution is 2.35. The second-order valence-corrected chi connectivity index (χ2v) is 5.49. The first-order valence-electron chi connectivity index (χ1n) is 7.61. The van der Waals surface area contributed by atoms with Crippen LogP contribution in [-0.4, -0.2) is 12.7 Å². The zero-order valence-corrected chi connectivity index (χ0v) is 12.6. The lowest BCUT2D eigenvalue weighted by Gasteiger charge is -2.12. The van der Waals surface area contributed by atoms with Crippen LogP contribution in [-0.2, 0) is 0 Å². The first kappa shape index (κ1) is 13.9. The molecule has 0 fully saturated rings. The third-order valence-corrected chi connectivity index (χ3v) is 4.14. The average molecular weight is 298 g/mol. The fourth-order valence-electron chi connectivity index (χ4n) is 3.12. The molecule has 0 saturated heterocycles. The molecule has 4 rings (SSSR count). The van der Waals surface area contributed by atoms with E-state index in [-0.39, 0.29) is 7.69 Å². The van der Waals surface area contributed by atoms with Gasteiger partial charge in [0.25, 0.3) is 0 Å². The van der Waals surface area contributed by atoms with Crippen LogP contribution in [0.5, 0.6) is 5.75 Å². The summed E-state index contributed by atoms with van der Waals surface area (Å²) in [6.45, 7) is 0. The average Bonchev–Trinajstić information content (AvgIpc) is 2.61. The maximum absolute atomic E-state index is 8.97. The van der Waals surface area contributed by atoms with E-state index in [9.17, 15) is 0 Å². The van der Waals surface area contributed by atoms with E-state index < -0.39 is 0 Å². The number of hydrogen-bond acceptors (Lipinski definition) is 2. The molecule has 4 aromatic rings. The van der Waals surface area contributed by atoms with E-state index in [0.29, 0.717) is 5.75 Å². The monoisotopic (exact) mass is 298 g/mol. The quantitative estimate of drug-likeness (QED) is 0.451. The minimum absolute atomic E-state index is 0.318. The highest BCUT2D eigenvalue weighted by Gasteiger charge is 2.08. The van der Waals surface area contributed by atoms with Crippen LogP contribution < -0.4 is 4.65 Å². The standard InChI is InChI=1S/C20H15BO2/c22-21-23-16-8-5-7-14(12-16)20-13-15-6-1-2-9-17(15)18-10-3-4-11-19(18)20/h1-13,21-22H. The van der Waals surface area contributed by atoms with Crippen LogP contribution in [0.15, 0.2) is 78.9 Å². The molecule has 0 amide bonds. The van der Waals surface area contributed by atoms with Gasteiger partial charge in [-0.15, -0.1) is 0 Å². The van der Waals surface area contributed by atoms with E-state index in [4.69, 9.17) is 9.68 Å². The minimum Gasteiger partial charge on any atom is -0.539 e. The van der Waals surface area contributed by atoms with Gasteiger partial charge in [-0.25, -0.2) is 0 Å². The molecule has 0 unspecified atom stereocenters. The van der Waals surface area contributed by atoms with Crippen LogP contribution in [0.4, 0.5) is 0 Å². The lowest BCUT2D eigenvalue weighted by molar-refractivity contribution is 0.454. The van der Waals surface area contributed by atoms with Crippen molar-refractivity contribution in [3.8, 4) is 16.9 Å². The smallest absolute Gasteiger partial charge is 0.504 e. The van der Waals surface area contributed by atoms with Crippen molar-refractivity contribution in [2.24, 2.45) is 0 Å². The third kappa shape index (κ3) is 2.45. The normalized spacial score (nSPS) is 10.8. The van der Waals surface area contributed by atoms with E-state index in [1.807, 2.05) is 18.2 Å². The summed E-state index contributed by atoms with van der Waals surface area (Å²) in [6.07, 6.45) is 0. The van der Waals surface area contributed by atoms with Crippen molar-refractivity contribution in [2.45, 2.75) is 0 Å². The van der Waals surface area contributed by atoms with Gasteiger partial charge in [-0.3, -0.25) is 0 Å². The van der Waals surface area contributed by atoms with Gasteiger partial charge in [0.15, 0.2) is 0 Å². The van der Waals surface area contributed by atoms with Gasteiger partial charge in [-0.2, -0.15) is 0 Å². The second-order valence-electron chi connectivity index (χ2n) is 5.49. The minimum atomic E-state index is -0.318. The zero-order chi connectivity index (χ0) is 15.6. The molecule has 23 heavy (non-hydrogen) atoms. The zero-order valence-electron chi connectivity index (χ0n) is 12.6. The maximum atomic E-state index is 8.97. The van der Waals surface area contributed by atoms with Gasteiger partial charge in [-0.05, 0) is 50.9 Å². The van der Waals surface area contributed by atoms with E-state index >= 15 is 0 Å². The summed E-state index contributed by atoms with van der Waals surface area (Å²) in [4.78, 5) is 0. The van der Waals surface area contributed by atoms with Crippen LogP contribution >= 0.6 is 0 Å². The molecule has 0 aliphatic heterocycles. The summed E-state index contributed by atoms with van der Waals surface area (Å²) in [5, 5.41) is 13.9. The topological polar surface area (TPSA) is 29.5 Å². The SMILES string of the molecule is OBOc1cccc(-c2cc3ccccc3c3ccccc23)c1. The van der Waals surface area contributed by atoms with Crippen molar-refractivity contribution in [2.75, 3.05) is 0 Å². The summed E-state index contributed by atoms with van der Waals surface area (Å²) in [5.41, 5.74) is 2.25. The Morgan fingerprint density at radius 1 is 0.696 bits per heavy atom. The summed E-state index contributed by atoms with van der Waals surface area (Å²) in [7, 11) is -0.318. The fraction of sp³-hybridized carbons (Fsp3) is 0. The molecule has 110 valence electrons. The highest BCUT2D eigenvalue weighted by atomic mass is 16.5. The number of fused-ring (bicyclic) bond motifs is 3. The van der Waals surface area contributed by atoms with Crippen molar-refractivity contribution >= 4 is 29.2 Å². The Balaban J connectivity index is 2.03. The highest BCUT2D eigenvalue weighted by molar-refractivity contribution is 6.17. The summed E-state index contributed by atoms with van der Waals surface area (Å²) < 4.78 is 5.22. The molecule has 0 radical (unpaired) electrons. The molecule has 4 aromatic carbocycles. The van der Waals surface area contributed by atoms with Gasteiger partial charge < -0.3 is 9.68 Å². The van der Waals surface area contributed by atoms with Crippen LogP contribution in [0.3, 0.4) is 0 Å². The van der Waals surface area contributed by atoms with Gasteiger partial charge in [-0.1, -0.05) is 60.7 Å². The molecular weight excluding hydrogens is 283 g/mol. The van der Waals surface area contributed by atoms with E-state index in [1.54, 1.807) is 0 Å². The van der Waals surface area contributed by atoms with Crippen molar-refractivity contribution < 1.29 is 9.68 Å². The molecule has 0 aliphatic carbocycles. The molecule has 2 nitrogen and oxygen atoms in total. The summed E-state index contributed by atoms with van der Waals surface area (Å²) >= 11 is 0. The van der Waals surface area contributed by atoms with Gasteiger partial charge >= 0.3 is 7.69 Å². The fourth-order valence-corrected chi connectivity index (χ4v) is 3.12. The first-order chi connectivity index (χ1) is 11.4. The number of benzene rings is 4. The predicted molar refractivity (Wildman–Crippen MR) is 96.9 cm³/mol. The van der Waals surface area contributed by atoms with Crippen molar-refractivity contribution in [3.05, 3.63) is 78.9 Å². The van der Waals surface area contributed by atoms with Crippen molar-refractivity contribution in [1.29, 1.82) is 0 Å².